The van der Waals surface area contributed by atoms with Gasteiger partial charge in [-0.05, 0) is 72.1 Å². The molecule has 0 aromatic heterocycles. The summed E-state index contributed by atoms with van der Waals surface area (Å²) in [6, 6.07) is 19.7. The highest BCUT2D eigenvalue weighted by Crippen LogP contribution is 2.34. The predicted molar refractivity (Wildman–Crippen MR) is 143 cm³/mol. The van der Waals surface area contributed by atoms with Gasteiger partial charge < -0.3 is 9.63 Å². The maximum atomic E-state index is 13.9. The summed E-state index contributed by atoms with van der Waals surface area (Å²) in [4.78, 5) is 34.9. The molecule has 0 aliphatic heterocycles. The van der Waals surface area contributed by atoms with Crippen LogP contribution in [0.1, 0.15) is 78.4 Å². The number of rotatable bonds is 12. The molecule has 0 saturated carbocycles. The van der Waals surface area contributed by atoms with Gasteiger partial charge in [-0.1, -0.05) is 74.5 Å². The van der Waals surface area contributed by atoms with Crippen molar-refractivity contribution < 1.29 is 14.4 Å². The second-order valence-corrected chi connectivity index (χ2v) is 11.1. The number of aldehydes is 1. The Morgan fingerprint density at radius 1 is 0.914 bits per heavy atom. The molecule has 2 aromatic carbocycles. The molecule has 35 heavy (non-hydrogen) atoms. The summed E-state index contributed by atoms with van der Waals surface area (Å²) in [6.45, 7) is 15.1. The van der Waals surface area contributed by atoms with Crippen LogP contribution in [-0.2, 0) is 20.8 Å². The molecule has 1 atom stereocenters. The van der Waals surface area contributed by atoms with Crippen LogP contribution in [0.5, 0.6) is 0 Å². The molecule has 0 amide bonds. The van der Waals surface area contributed by atoms with Gasteiger partial charge >= 0.3 is 5.97 Å². The molecule has 2 aromatic rings. The fraction of sp³-hybridized carbons (Fsp3) is 0.533. The third kappa shape index (κ3) is 7.25. The average Bonchev–Trinajstić information content (AvgIpc) is 2.83. The summed E-state index contributed by atoms with van der Waals surface area (Å²) in [5.41, 5.74) is 0.361. The van der Waals surface area contributed by atoms with E-state index >= 15 is 0 Å². The number of carbonyl (C=O) groups is 2. The Balaban J connectivity index is 2.48. The van der Waals surface area contributed by atoms with Crippen molar-refractivity contribution in [3.05, 3.63) is 71.8 Å². The van der Waals surface area contributed by atoms with Crippen LogP contribution in [0.25, 0.3) is 0 Å². The second kappa shape index (κ2) is 12.0. The highest BCUT2D eigenvalue weighted by molar-refractivity contribution is 5.79. The molecule has 0 aliphatic carbocycles. The van der Waals surface area contributed by atoms with Crippen LogP contribution in [0, 0.1) is 0 Å². The minimum Gasteiger partial charge on any atom is -0.366 e. The largest absolute Gasteiger partial charge is 0.366 e. The number of benzene rings is 2. The standard InChI is InChI=1S/C30H44N2O3/c1-9-30(10-2,23-33)32(29(6,7)22-31(8)28(3,4)5)35-27(34)26(25-19-15-12-16-20-25)21-24-17-13-11-14-18-24/h11-20,23,26H,9-10,21-22H2,1-8H3. The second-order valence-electron chi connectivity index (χ2n) is 11.1. The highest BCUT2D eigenvalue weighted by Gasteiger charge is 2.47. The van der Waals surface area contributed by atoms with Gasteiger partial charge in [0, 0.05) is 12.1 Å². The van der Waals surface area contributed by atoms with Crippen LogP contribution in [0.3, 0.4) is 0 Å². The summed E-state index contributed by atoms with van der Waals surface area (Å²) < 4.78 is 0. The number of nitrogens with zero attached hydrogens (tertiary/aromatic N) is 2. The monoisotopic (exact) mass is 480 g/mol. The van der Waals surface area contributed by atoms with Gasteiger partial charge in [0.05, 0.1) is 11.5 Å². The van der Waals surface area contributed by atoms with E-state index in [0.717, 1.165) is 17.4 Å². The van der Waals surface area contributed by atoms with E-state index in [1.807, 2.05) is 88.4 Å². The smallest absolute Gasteiger partial charge is 0.332 e. The van der Waals surface area contributed by atoms with E-state index in [4.69, 9.17) is 4.84 Å². The third-order valence-electron chi connectivity index (χ3n) is 7.12. The molecule has 2 rings (SSSR count). The van der Waals surface area contributed by atoms with Crippen LogP contribution < -0.4 is 0 Å². The normalized spacial score (nSPS) is 13.7. The first-order valence-electron chi connectivity index (χ1n) is 12.7. The van der Waals surface area contributed by atoms with Gasteiger partial charge in [0.25, 0.3) is 0 Å². The number of hydrogen-bond acceptors (Lipinski definition) is 5. The molecule has 0 bridgehead atoms. The fourth-order valence-electron chi connectivity index (χ4n) is 4.48. The molecule has 5 heteroatoms. The maximum Gasteiger partial charge on any atom is 0.332 e. The third-order valence-corrected chi connectivity index (χ3v) is 7.12. The lowest BCUT2D eigenvalue weighted by atomic mass is 9.88. The van der Waals surface area contributed by atoms with Gasteiger partial charge in [-0.25, -0.2) is 4.79 Å². The summed E-state index contributed by atoms with van der Waals surface area (Å²) >= 11 is 0. The first-order valence-corrected chi connectivity index (χ1v) is 12.7. The molecule has 192 valence electrons. The van der Waals surface area contributed by atoms with Crippen molar-refractivity contribution in [3.8, 4) is 0 Å². The van der Waals surface area contributed by atoms with Gasteiger partial charge in [0.1, 0.15) is 11.8 Å². The fourth-order valence-corrected chi connectivity index (χ4v) is 4.48. The molecule has 0 fully saturated rings. The maximum absolute atomic E-state index is 13.9. The lowest BCUT2D eigenvalue weighted by molar-refractivity contribution is -0.257. The van der Waals surface area contributed by atoms with E-state index < -0.39 is 17.0 Å². The SMILES string of the molecule is CCC(C=O)(CC)N(OC(=O)C(Cc1ccccc1)c1ccccc1)C(C)(C)CN(C)C(C)(C)C. The summed E-state index contributed by atoms with van der Waals surface area (Å²) in [5, 5.41) is 1.69. The topological polar surface area (TPSA) is 49.9 Å². The molecule has 1 unspecified atom stereocenters. The van der Waals surface area contributed by atoms with E-state index in [9.17, 15) is 9.59 Å². The Kier molecular flexibility index (Phi) is 9.82. The van der Waals surface area contributed by atoms with Crippen LogP contribution in [0.15, 0.2) is 60.7 Å². The van der Waals surface area contributed by atoms with E-state index in [-0.39, 0.29) is 11.5 Å². The van der Waals surface area contributed by atoms with Gasteiger partial charge in [-0.2, -0.15) is 0 Å². The molecular formula is C30H44N2O3. The minimum atomic E-state index is -0.911. The number of hydroxylamine groups is 2. The zero-order chi connectivity index (χ0) is 26.3. The summed E-state index contributed by atoms with van der Waals surface area (Å²) in [5.74, 6) is -0.838. The highest BCUT2D eigenvalue weighted by atomic mass is 16.7. The number of carbonyl (C=O) groups excluding carboxylic acids is 2. The molecule has 0 aliphatic rings. The molecule has 0 radical (unpaired) electrons. The molecular weight excluding hydrogens is 436 g/mol. The minimum absolute atomic E-state index is 0.0743. The van der Waals surface area contributed by atoms with E-state index in [1.165, 1.54) is 0 Å². The Morgan fingerprint density at radius 2 is 1.43 bits per heavy atom. The van der Waals surface area contributed by atoms with E-state index in [0.29, 0.717) is 25.8 Å². The predicted octanol–water partition coefficient (Wildman–Crippen LogP) is 6.04. The number of hydrogen-bond donors (Lipinski definition) is 0. The van der Waals surface area contributed by atoms with E-state index in [2.05, 4.69) is 32.7 Å². The van der Waals surface area contributed by atoms with E-state index in [1.54, 1.807) is 5.06 Å². The van der Waals surface area contributed by atoms with Crippen LogP contribution in [0.4, 0.5) is 0 Å². The van der Waals surface area contributed by atoms with Crippen molar-refractivity contribution >= 4 is 12.3 Å². The Bertz CT molecular complexity index is 931. The first kappa shape index (κ1) is 28.7. The van der Waals surface area contributed by atoms with Crippen LogP contribution in [-0.4, -0.2) is 52.4 Å². The Labute approximate surface area is 212 Å². The number of likely N-dealkylation sites (N-methyl/N-ethyl adjacent to an activating group) is 1. The zero-order valence-corrected chi connectivity index (χ0v) is 22.9. The lowest BCUT2D eigenvalue weighted by Crippen LogP contribution is -2.63. The van der Waals surface area contributed by atoms with Crippen LogP contribution >= 0.6 is 0 Å². The molecule has 0 saturated heterocycles. The first-order chi connectivity index (χ1) is 16.4. The molecule has 0 N–H and O–H groups in total. The van der Waals surface area contributed by atoms with Crippen molar-refractivity contribution in [1.29, 1.82) is 0 Å². The van der Waals surface area contributed by atoms with Crippen molar-refractivity contribution in [2.24, 2.45) is 0 Å². The van der Waals surface area contributed by atoms with Crippen molar-refractivity contribution in [1.82, 2.24) is 9.96 Å². The Hall–Kier alpha value is -2.50. The quantitative estimate of drug-likeness (QED) is 0.274. The van der Waals surface area contributed by atoms with Gasteiger partial charge in [0.2, 0.25) is 0 Å². The van der Waals surface area contributed by atoms with Crippen molar-refractivity contribution in [3.63, 3.8) is 0 Å². The molecule has 5 nitrogen and oxygen atoms in total. The molecule has 0 spiro atoms. The van der Waals surface area contributed by atoms with Gasteiger partial charge in [-0.15, -0.1) is 5.06 Å². The Morgan fingerprint density at radius 3 is 1.89 bits per heavy atom. The van der Waals surface area contributed by atoms with Crippen molar-refractivity contribution in [2.45, 2.75) is 90.3 Å². The summed E-state index contributed by atoms with van der Waals surface area (Å²) in [7, 11) is 2.06. The van der Waals surface area contributed by atoms with Gasteiger partial charge in [-0.3, -0.25) is 4.90 Å². The lowest BCUT2D eigenvalue weighted by Gasteiger charge is -2.49. The van der Waals surface area contributed by atoms with Gasteiger partial charge in [0.15, 0.2) is 0 Å². The zero-order valence-electron chi connectivity index (χ0n) is 22.9. The summed E-state index contributed by atoms with van der Waals surface area (Å²) in [6.07, 6.45) is 2.55. The average molecular weight is 481 g/mol. The molecule has 0 heterocycles. The van der Waals surface area contributed by atoms with Crippen LogP contribution in [0.2, 0.25) is 0 Å². The van der Waals surface area contributed by atoms with Crippen molar-refractivity contribution in [2.75, 3.05) is 13.6 Å².